The number of benzene rings is 2. The van der Waals surface area contributed by atoms with Gasteiger partial charge in [0.1, 0.15) is 12.4 Å². The Morgan fingerprint density at radius 3 is 2.75 bits per heavy atom. The lowest BCUT2D eigenvalue weighted by atomic mass is 10.1. The molecule has 0 aliphatic carbocycles. The van der Waals surface area contributed by atoms with Gasteiger partial charge in [-0.25, -0.2) is 4.98 Å². The van der Waals surface area contributed by atoms with Crippen LogP contribution in [-0.4, -0.2) is 15.3 Å². The summed E-state index contributed by atoms with van der Waals surface area (Å²) in [6.45, 7) is -1.55. The molecule has 3 aromatic rings. The maximum Gasteiger partial charge on any atom is 0.320 e. The minimum atomic E-state index is -2.74. The molecular weight excluding hydrogens is 338 g/mol. The number of imidazole rings is 1. The number of halogens is 3. The normalized spacial score (nSPS) is 11.2. The predicted molar refractivity (Wildman–Crippen MR) is 86.8 cm³/mol. The maximum absolute atomic E-state index is 13.4. The average molecular weight is 351 g/mol. The number of aromatic nitrogens is 2. The molecule has 0 radical (unpaired) electrons. The third-order valence-corrected chi connectivity index (χ3v) is 3.78. The van der Waals surface area contributed by atoms with Gasteiger partial charge in [0, 0.05) is 5.02 Å². The Bertz CT molecular complexity index is 909. The van der Waals surface area contributed by atoms with E-state index >= 15 is 0 Å². The van der Waals surface area contributed by atoms with Crippen LogP contribution >= 0.6 is 11.6 Å². The molecule has 7 heteroatoms. The van der Waals surface area contributed by atoms with Gasteiger partial charge in [0.05, 0.1) is 16.6 Å². The number of ketones is 1. The highest BCUT2D eigenvalue weighted by atomic mass is 35.5. The second-order valence-electron chi connectivity index (χ2n) is 5.15. The number of carbonyl (C=O) groups excluding carboxylic acids is 1. The Balaban J connectivity index is 1.94. The van der Waals surface area contributed by atoms with Crippen molar-refractivity contribution < 1.29 is 18.3 Å². The van der Waals surface area contributed by atoms with E-state index in [2.05, 4.69) is 4.98 Å². The van der Waals surface area contributed by atoms with Crippen LogP contribution in [0.15, 0.2) is 42.5 Å². The third-order valence-electron chi connectivity index (χ3n) is 3.54. The van der Waals surface area contributed by atoms with E-state index in [-0.39, 0.29) is 24.0 Å². The summed E-state index contributed by atoms with van der Waals surface area (Å²) in [7, 11) is 0. The fourth-order valence-corrected chi connectivity index (χ4v) is 2.63. The van der Waals surface area contributed by atoms with Crippen molar-refractivity contribution in [3.63, 3.8) is 0 Å². The molecule has 1 aromatic heterocycles. The maximum atomic E-state index is 13.4. The zero-order chi connectivity index (χ0) is 17.3. The van der Waals surface area contributed by atoms with E-state index < -0.39 is 6.55 Å². The second-order valence-corrected chi connectivity index (χ2v) is 5.59. The molecule has 0 saturated carbocycles. The number of ether oxygens (including phenoxy) is 1. The van der Waals surface area contributed by atoms with E-state index in [1.54, 1.807) is 30.3 Å². The van der Waals surface area contributed by atoms with E-state index in [4.69, 9.17) is 16.3 Å². The monoisotopic (exact) mass is 350 g/mol. The second kappa shape index (κ2) is 6.57. The first-order valence-electron chi connectivity index (χ1n) is 7.14. The summed E-state index contributed by atoms with van der Waals surface area (Å²) in [4.78, 5) is 15.9. The van der Waals surface area contributed by atoms with Gasteiger partial charge in [-0.3, -0.25) is 9.36 Å². The molecule has 0 N–H and O–H groups in total. The fraction of sp³-hybridized carbons (Fsp3) is 0.176. The smallest absolute Gasteiger partial charge is 0.320 e. The minimum absolute atomic E-state index is 0.0793. The van der Waals surface area contributed by atoms with Gasteiger partial charge in [0.25, 0.3) is 0 Å². The summed E-state index contributed by atoms with van der Waals surface area (Å²) in [6.07, 6.45) is 0. The first-order chi connectivity index (χ1) is 11.5. The van der Waals surface area contributed by atoms with Crippen molar-refractivity contribution in [1.82, 2.24) is 9.55 Å². The Morgan fingerprint density at radius 2 is 2.04 bits per heavy atom. The van der Waals surface area contributed by atoms with E-state index in [9.17, 15) is 13.6 Å². The van der Waals surface area contributed by atoms with Crippen molar-refractivity contribution in [2.45, 2.75) is 20.1 Å². The largest absolute Gasteiger partial charge is 0.485 e. The van der Waals surface area contributed by atoms with Crippen molar-refractivity contribution in [3.8, 4) is 5.75 Å². The molecule has 24 heavy (non-hydrogen) atoms. The Labute approximate surface area is 141 Å². The van der Waals surface area contributed by atoms with Crippen LogP contribution in [0.5, 0.6) is 5.75 Å². The number of nitrogens with zero attached hydrogens (tertiary/aromatic N) is 2. The number of alkyl halides is 2. The fourth-order valence-electron chi connectivity index (χ4n) is 2.46. The molecule has 0 saturated heterocycles. The first kappa shape index (κ1) is 16.4. The van der Waals surface area contributed by atoms with Crippen LogP contribution in [0.1, 0.15) is 29.7 Å². The topological polar surface area (TPSA) is 44.1 Å². The molecule has 0 atom stereocenters. The number of carbonyl (C=O) groups is 1. The van der Waals surface area contributed by atoms with Crippen LogP contribution < -0.4 is 4.74 Å². The Morgan fingerprint density at radius 1 is 1.29 bits per heavy atom. The van der Waals surface area contributed by atoms with E-state index in [1.165, 1.54) is 19.1 Å². The van der Waals surface area contributed by atoms with E-state index in [0.29, 0.717) is 21.6 Å². The molecule has 0 unspecified atom stereocenters. The number of para-hydroxylation sites is 2. The molecule has 1 heterocycles. The van der Waals surface area contributed by atoms with E-state index in [1.807, 2.05) is 0 Å². The van der Waals surface area contributed by atoms with Gasteiger partial charge in [-0.15, -0.1) is 0 Å². The molecule has 2 aromatic carbocycles. The predicted octanol–water partition coefficient (Wildman–Crippen LogP) is 4.87. The van der Waals surface area contributed by atoms with Crippen LogP contribution in [0.3, 0.4) is 0 Å². The molecular formula is C17H13ClF2N2O2. The van der Waals surface area contributed by atoms with Gasteiger partial charge >= 0.3 is 6.55 Å². The van der Waals surface area contributed by atoms with Crippen molar-refractivity contribution in [1.29, 1.82) is 0 Å². The van der Waals surface area contributed by atoms with Gasteiger partial charge < -0.3 is 4.74 Å². The van der Waals surface area contributed by atoms with Crippen LogP contribution in [-0.2, 0) is 6.61 Å². The zero-order valence-corrected chi connectivity index (χ0v) is 13.4. The molecule has 0 aliphatic heterocycles. The number of Topliss-reactive ketones (excluding diaryl/α,β-unsaturated/α-hetero) is 1. The lowest BCUT2D eigenvalue weighted by Gasteiger charge is -2.11. The molecule has 0 spiro atoms. The molecule has 0 bridgehead atoms. The van der Waals surface area contributed by atoms with Crippen molar-refractivity contribution in [3.05, 3.63) is 58.9 Å². The minimum Gasteiger partial charge on any atom is -0.485 e. The SMILES string of the molecule is CC(=O)c1cc(Cl)ccc1OCc1nc2ccccc2n1C(F)F. The number of hydrogen-bond acceptors (Lipinski definition) is 3. The highest BCUT2D eigenvalue weighted by Crippen LogP contribution is 2.27. The molecule has 3 rings (SSSR count). The summed E-state index contributed by atoms with van der Waals surface area (Å²) in [5, 5.41) is 0.396. The van der Waals surface area contributed by atoms with E-state index in [0.717, 1.165) is 4.57 Å². The number of rotatable bonds is 5. The third kappa shape index (κ3) is 3.10. The summed E-state index contributed by atoms with van der Waals surface area (Å²) < 4.78 is 33.1. The van der Waals surface area contributed by atoms with Crippen LogP contribution in [0.2, 0.25) is 5.02 Å². The summed E-state index contributed by atoms with van der Waals surface area (Å²) in [6, 6.07) is 11.2. The van der Waals surface area contributed by atoms with Crippen LogP contribution in [0.25, 0.3) is 11.0 Å². The highest BCUT2D eigenvalue weighted by molar-refractivity contribution is 6.31. The van der Waals surface area contributed by atoms with Gasteiger partial charge in [0.2, 0.25) is 0 Å². The van der Waals surface area contributed by atoms with Crippen molar-refractivity contribution in [2.75, 3.05) is 0 Å². The molecule has 4 nitrogen and oxygen atoms in total. The number of hydrogen-bond donors (Lipinski definition) is 0. The summed E-state index contributed by atoms with van der Waals surface area (Å²) in [5.74, 6) is 0.130. The molecule has 0 amide bonds. The quantitative estimate of drug-likeness (QED) is 0.617. The molecule has 0 fully saturated rings. The first-order valence-corrected chi connectivity index (χ1v) is 7.52. The highest BCUT2D eigenvalue weighted by Gasteiger charge is 2.18. The van der Waals surface area contributed by atoms with Crippen LogP contribution in [0, 0.1) is 0 Å². The summed E-state index contributed by atoms with van der Waals surface area (Å²) >= 11 is 5.87. The van der Waals surface area contributed by atoms with Crippen molar-refractivity contribution in [2.24, 2.45) is 0 Å². The lowest BCUT2D eigenvalue weighted by Crippen LogP contribution is -2.09. The average Bonchev–Trinajstić information content (AvgIpc) is 2.92. The van der Waals surface area contributed by atoms with Gasteiger partial charge in [0.15, 0.2) is 11.6 Å². The Hall–Kier alpha value is -2.47. The zero-order valence-electron chi connectivity index (χ0n) is 12.7. The lowest BCUT2D eigenvalue weighted by molar-refractivity contribution is 0.0675. The van der Waals surface area contributed by atoms with Gasteiger partial charge in [-0.2, -0.15) is 8.78 Å². The van der Waals surface area contributed by atoms with Gasteiger partial charge in [-0.1, -0.05) is 23.7 Å². The van der Waals surface area contributed by atoms with Crippen molar-refractivity contribution >= 4 is 28.4 Å². The van der Waals surface area contributed by atoms with Gasteiger partial charge in [-0.05, 0) is 37.3 Å². The van der Waals surface area contributed by atoms with Crippen LogP contribution in [0.4, 0.5) is 8.78 Å². The summed E-state index contributed by atoms with van der Waals surface area (Å²) in [5.41, 5.74) is 1.08. The standard InChI is InChI=1S/C17H13ClF2N2O2/c1-10(23)12-8-11(18)6-7-15(12)24-9-16-21-13-4-2-3-5-14(13)22(16)17(19)20/h2-8,17H,9H2,1H3. The number of fused-ring (bicyclic) bond motifs is 1. The molecule has 0 aliphatic rings. The Kier molecular flexibility index (Phi) is 4.49. The molecule has 124 valence electrons.